The zero-order valence-corrected chi connectivity index (χ0v) is 9.74. The van der Waals surface area contributed by atoms with Crippen LogP contribution in [0.15, 0.2) is 0 Å². The molecule has 1 aliphatic carbocycles. The Kier molecular flexibility index (Phi) is 10.5. The molecule has 0 spiro atoms. The molecule has 8 heavy (non-hydrogen) atoms. The molecule has 0 aliphatic heterocycles. The first-order valence-electron chi connectivity index (χ1n) is 2.41. The first-order chi connectivity index (χ1) is 2.89. The van der Waals surface area contributed by atoms with Gasteiger partial charge >= 0.3 is 0 Å². The van der Waals surface area contributed by atoms with Crippen LogP contribution in [0.5, 0.6) is 0 Å². The van der Waals surface area contributed by atoms with E-state index < -0.39 is 0 Å². The first kappa shape index (κ1) is 12.4. The van der Waals surface area contributed by atoms with Crippen LogP contribution in [-0.4, -0.2) is 64.9 Å². The normalized spacial score (nSPS) is 16.8. The van der Waals surface area contributed by atoms with Gasteiger partial charge in [0.15, 0.2) is 0 Å². The molecule has 1 aliphatic rings. The Hall–Kier alpha value is 1.67. The van der Waals surface area contributed by atoms with Gasteiger partial charge in [-0.1, -0.05) is 0 Å². The summed E-state index contributed by atoms with van der Waals surface area (Å²) < 4.78 is 0. The molecule has 2 radical (unpaired) electrons. The number of rotatable bonds is 0. The fourth-order valence-corrected chi connectivity index (χ4v) is 0.769. The number of carbonyl (C=O) groups is 1. The average molecular weight is 130 g/mol. The minimum atomic E-state index is 0. The molecule has 0 unspecified atom stereocenters. The van der Waals surface area contributed by atoms with Gasteiger partial charge in [0.05, 0.1) is 0 Å². The van der Waals surface area contributed by atoms with Gasteiger partial charge in [-0.2, -0.15) is 0 Å². The average Bonchev–Trinajstić information content (AvgIpc) is 1.86. The molecule has 0 amide bonds. The van der Waals surface area contributed by atoms with Gasteiger partial charge in [-0.05, 0) is 12.8 Å². The molecular weight excluding hydrogens is 122 g/mol. The van der Waals surface area contributed by atoms with Gasteiger partial charge in [-0.3, -0.25) is 4.79 Å². The maximum absolute atomic E-state index is 10.2. The predicted octanol–water partition coefficient (Wildman–Crippen LogP) is 0.368. The number of hydrogen-bond acceptors (Lipinski definition) is 1. The molecule has 0 saturated heterocycles. The number of Topliss-reactive ketones (excluding diaryl/α,β-unsaturated/α-hetero) is 1. The van der Waals surface area contributed by atoms with Gasteiger partial charge in [0.25, 0.3) is 0 Å². The van der Waals surface area contributed by atoms with Gasteiger partial charge in [0.2, 0.25) is 0 Å². The summed E-state index contributed by atoms with van der Waals surface area (Å²) in [6.07, 6.45) is 3.97. The second kappa shape index (κ2) is 6.79. The third kappa shape index (κ3) is 4.54. The summed E-state index contributed by atoms with van der Waals surface area (Å²) in [5.74, 6) is 0.454. The van der Waals surface area contributed by atoms with E-state index in [1.54, 1.807) is 0 Å². The quantitative estimate of drug-likeness (QED) is 0.433. The van der Waals surface area contributed by atoms with Crippen LogP contribution in [-0.2, 0) is 4.79 Å². The summed E-state index contributed by atoms with van der Waals surface area (Å²) in [5, 5.41) is 0. The third-order valence-electron chi connectivity index (χ3n) is 1.16. The van der Waals surface area contributed by atoms with Crippen molar-refractivity contribution in [1.82, 2.24) is 0 Å². The van der Waals surface area contributed by atoms with E-state index in [4.69, 9.17) is 0 Å². The van der Waals surface area contributed by atoms with Crippen LogP contribution >= 0.6 is 0 Å². The van der Waals surface area contributed by atoms with Crippen molar-refractivity contribution in [3.05, 3.63) is 0 Å². The Morgan fingerprint density at radius 2 is 1.38 bits per heavy atom. The van der Waals surface area contributed by atoms with Crippen LogP contribution in [0.1, 0.15) is 25.7 Å². The van der Waals surface area contributed by atoms with Crippen molar-refractivity contribution < 1.29 is 4.79 Å². The SMILES string of the molecule is O=C1CCCC1.[Na].[Na]. The summed E-state index contributed by atoms with van der Waals surface area (Å²) in [4.78, 5) is 10.2. The molecule has 1 rings (SSSR count). The van der Waals surface area contributed by atoms with E-state index in [0.717, 1.165) is 25.7 Å². The van der Waals surface area contributed by atoms with Crippen LogP contribution in [0.3, 0.4) is 0 Å². The molecule has 1 nitrogen and oxygen atoms in total. The third-order valence-corrected chi connectivity index (χ3v) is 1.16. The van der Waals surface area contributed by atoms with Crippen molar-refractivity contribution in [3.63, 3.8) is 0 Å². The molecule has 1 saturated carbocycles. The molecular formula is C5H8Na2O. The summed E-state index contributed by atoms with van der Waals surface area (Å²) in [6.45, 7) is 0. The van der Waals surface area contributed by atoms with Crippen molar-refractivity contribution >= 4 is 64.9 Å². The van der Waals surface area contributed by atoms with Crippen LogP contribution in [0.25, 0.3) is 0 Å². The molecule has 0 aromatic rings. The smallest absolute Gasteiger partial charge is 0.132 e. The summed E-state index contributed by atoms with van der Waals surface area (Å²) in [6, 6.07) is 0. The second-order valence-electron chi connectivity index (χ2n) is 1.75. The van der Waals surface area contributed by atoms with Gasteiger partial charge in [0.1, 0.15) is 5.78 Å². The molecule has 36 valence electrons. The minimum absolute atomic E-state index is 0. The van der Waals surface area contributed by atoms with E-state index in [0.29, 0.717) is 5.78 Å². The van der Waals surface area contributed by atoms with E-state index >= 15 is 0 Å². The molecule has 0 heterocycles. The molecule has 0 bridgehead atoms. The van der Waals surface area contributed by atoms with Crippen molar-refractivity contribution in [2.24, 2.45) is 0 Å². The minimum Gasteiger partial charge on any atom is -0.300 e. The Morgan fingerprint density at radius 1 is 1.00 bits per heavy atom. The van der Waals surface area contributed by atoms with Crippen molar-refractivity contribution in [3.8, 4) is 0 Å². The Balaban J connectivity index is 0. The summed E-state index contributed by atoms with van der Waals surface area (Å²) >= 11 is 0. The Labute approximate surface area is 94.2 Å². The van der Waals surface area contributed by atoms with E-state index in [9.17, 15) is 4.79 Å². The molecule has 0 atom stereocenters. The zero-order valence-electron chi connectivity index (χ0n) is 5.74. The monoisotopic (exact) mass is 130 g/mol. The van der Waals surface area contributed by atoms with Crippen LogP contribution in [0.2, 0.25) is 0 Å². The Morgan fingerprint density at radius 3 is 1.50 bits per heavy atom. The van der Waals surface area contributed by atoms with Gasteiger partial charge in [0, 0.05) is 72.0 Å². The van der Waals surface area contributed by atoms with E-state index in [2.05, 4.69) is 0 Å². The zero-order chi connectivity index (χ0) is 4.41. The van der Waals surface area contributed by atoms with Crippen LogP contribution < -0.4 is 0 Å². The van der Waals surface area contributed by atoms with Gasteiger partial charge in [-0.15, -0.1) is 0 Å². The maximum Gasteiger partial charge on any atom is 0.132 e. The van der Waals surface area contributed by atoms with Crippen molar-refractivity contribution in [1.29, 1.82) is 0 Å². The maximum atomic E-state index is 10.2. The first-order valence-corrected chi connectivity index (χ1v) is 2.41. The largest absolute Gasteiger partial charge is 0.300 e. The van der Waals surface area contributed by atoms with E-state index in [-0.39, 0.29) is 59.1 Å². The molecule has 0 aromatic carbocycles. The van der Waals surface area contributed by atoms with Crippen LogP contribution in [0, 0.1) is 0 Å². The van der Waals surface area contributed by atoms with Crippen LogP contribution in [0.4, 0.5) is 0 Å². The Bertz CT molecular complexity index is 64.8. The summed E-state index contributed by atoms with van der Waals surface area (Å²) in [5.41, 5.74) is 0. The topological polar surface area (TPSA) is 17.1 Å². The number of hydrogen-bond donors (Lipinski definition) is 0. The van der Waals surface area contributed by atoms with Gasteiger partial charge in [-0.25, -0.2) is 0 Å². The van der Waals surface area contributed by atoms with Crippen molar-refractivity contribution in [2.45, 2.75) is 25.7 Å². The molecule has 3 heteroatoms. The fourth-order valence-electron chi connectivity index (χ4n) is 0.769. The fraction of sp³-hybridized carbons (Fsp3) is 0.800. The second-order valence-corrected chi connectivity index (χ2v) is 1.75. The molecule has 0 N–H and O–H groups in total. The molecule has 0 aromatic heterocycles. The van der Waals surface area contributed by atoms with Crippen molar-refractivity contribution in [2.75, 3.05) is 0 Å². The molecule has 1 fully saturated rings. The number of carbonyl (C=O) groups excluding carboxylic acids is 1. The summed E-state index contributed by atoms with van der Waals surface area (Å²) in [7, 11) is 0. The van der Waals surface area contributed by atoms with E-state index in [1.807, 2.05) is 0 Å². The van der Waals surface area contributed by atoms with E-state index in [1.165, 1.54) is 0 Å². The number of ketones is 1. The van der Waals surface area contributed by atoms with Gasteiger partial charge < -0.3 is 0 Å². The standard InChI is InChI=1S/C5H8O.2Na/c6-5-3-1-2-4-5;;/h1-4H2;;. The predicted molar refractivity (Wildman–Crippen MR) is 35.0 cm³/mol.